The predicted octanol–water partition coefficient (Wildman–Crippen LogP) is 5.60. The summed E-state index contributed by atoms with van der Waals surface area (Å²) in [6.07, 6.45) is 2.89. The van der Waals surface area contributed by atoms with Crippen LogP contribution < -0.4 is 19.6 Å². The Bertz CT molecular complexity index is 1970. The molecule has 2 aromatic carbocycles. The number of benzene rings is 2. The Balaban J connectivity index is 1.66. The molecule has 4 aromatic rings. The number of methoxy groups -OCH3 is 2. The van der Waals surface area contributed by atoms with E-state index in [9.17, 15) is 14.4 Å². The Labute approximate surface area is 262 Å². The summed E-state index contributed by atoms with van der Waals surface area (Å²) in [5.41, 5.74) is 3.10. The van der Waals surface area contributed by atoms with E-state index in [0.29, 0.717) is 54.9 Å². The van der Waals surface area contributed by atoms with Crippen LogP contribution in [-0.4, -0.2) is 37.3 Å². The summed E-state index contributed by atoms with van der Waals surface area (Å²) in [5.74, 6) is 0.534. The first-order chi connectivity index (χ1) is 21.2. The highest BCUT2D eigenvalue weighted by molar-refractivity contribution is 7.07. The number of carbonyl (C=O) groups is 2. The number of esters is 2. The number of ether oxygens (including phenoxy) is 3. The van der Waals surface area contributed by atoms with Gasteiger partial charge in [-0.3, -0.25) is 9.36 Å². The quantitative estimate of drug-likeness (QED) is 0.221. The number of rotatable bonds is 9. The molecule has 0 radical (unpaired) electrons. The summed E-state index contributed by atoms with van der Waals surface area (Å²) in [5, 5.41) is 0.429. The summed E-state index contributed by atoms with van der Waals surface area (Å²) in [6.45, 7) is 5.77. The van der Waals surface area contributed by atoms with Crippen LogP contribution in [0.25, 0.3) is 17.4 Å². The van der Waals surface area contributed by atoms with Crippen molar-refractivity contribution in [2.24, 2.45) is 4.99 Å². The van der Waals surface area contributed by atoms with Gasteiger partial charge in [-0.25, -0.2) is 14.6 Å². The van der Waals surface area contributed by atoms with Crippen molar-refractivity contribution in [1.82, 2.24) is 4.57 Å². The number of furan rings is 1. The van der Waals surface area contributed by atoms with Gasteiger partial charge in [-0.15, -0.1) is 0 Å². The topological polar surface area (TPSA) is 109 Å². The van der Waals surface area contributed by atoms with E-state index in [0.717, 1.165) is 17.5 Å². The van der Waals surface area contributed by atoms with Crippen LogP contribution in [0.5, 0.6) is 5.75 Å². The van der Waals surface area contributed by atoms with E-state index in [-0.39, 0.29) is 17.7 Å². The minimum Gasteiger partial charge on any atom is -0.496 e. The maximum absolute atomic E-state index is 14.1. The number of aromatic nitrogens is 1. The lowest BCUT2D eigenvalue weighted by molar-refractivity contribution is -0.139. The van der Waals surface area contributed by atoms with E-state index < -0.39 is 18.0 Å². The molecule has 0 saturated heterocycles. The Morgan fingerprint density at radius 1 is 1.09 bits per heavy atom. The second kappa shape index (κ2) is 13.1. The van der Waals surface area contributed by atoms with E-state index in [4.69, 9.17) is 35.2 Å². The number of hydrogen-bond donors (Lipinski definition) is 0. The van der Waals surface area contributed by atoms with Crippen molar-refractivity contribution in [2.75, 3.05) is 20.8 Å². The monoisotopic (exact) mass is 634 g/mol. The first kappa shape index (κ1) is 31.0. The number of fused-ring (bicyclic) bond motifs is 1. The van der Waals surface area contributed by atoms with Crippen molar-refractivity contribution in [2.45, 2.75) is 39.7 Å². The highest BCUT2D eigenvalue weighted by atomic mass is 35.5. The van der Waals surface area contributed by atoms with Crippen LogP contribution in [0.2, 0.25) is 5.02 Å². The number of thiazole rings is 1. The van der Waals surface area contributed by atoms with Gasteiger partial charge in [0.25, 0.3) is 5.56 Å². The molecule has 0 fully saturated rings. The Kier molecular flexibility index (Phi) is 9.22. The molecule has 0 saturated carbocycles. The fraction of sp³-hybridized carbons (Fsp3) is 0.273. The number of halogens is 1. The van der Waals surface area contributed by atoms with Crippen LogP contribution in [0.4, 0.5) is 0 Å². The maximum Gasteiger partial charge on any atom is 0.338 e. The second-order valence-corrected chi connectivity index (χ2v) is 11.5. The molecule has 0 aliphatic carbocycles. The number of carbonyl (C=O) groups excluding carboxylic acids is 2. The van der Waals surface area contributed by atoms with E-state index in [2.05, 4.69) is 0 Å². The SMILES string of the molecule is CCCC1=C(C(=O)OCC)[C@@H](c2cc(Cl)ccc2OC)n2c(s/c(=C\c3ccc(-c4ccc(C(=O)OC)cc4C)o3)c2=O)=N1. The third-order valence-corrected chi connectivity index (χ3v) is 8.41. The van der Waals surface area contributed by atoms with Gasteiger partial charge >= 0.3 is 11.9 Å². The Morgan fingerprint density at radius 3 is 2.57 bits per heavy atom. The van der Waals surface area contributed by atoms with E-state index in [1.54, 1.807) is 61.5 Å². The lowest BCUT2D eigenvalue weighted by atomic mass is 9.93. The third kappa shape index (κ3) is 5.87. The zero-order chi connectivity index (χ0) is 31.5. The predicted molar refractivity (Wildman–Crippen MR) is 168 cm³/mol. The molecule has 3 heterocycles. The molecule has 0 spiro atoms. The first-order valence-corrected chi connectivity index (χ1v) is 15.2. The molecule has 2 aromatic heterocycles. The Hall–Kier alpha value is -4.41. The smallest absolute Gasteiger partial charge is 0.338 e. The molecule has 228 valence electrons. The summed E-state index contributed by atoms with van der Waals surface area (Å²) >= 11 is 7.62. The molecule has 1 aliphatic rings. The largest absolute Gasteiger partial charge is 0.496 e. The molecular formula is C33H31ClN2O7S. The lowest BCUT2D eigenvalue weighted by Gasteiger charge is -2.27. The van der Waals surface area contributed by atoms with Crippen LogP contribution in [-0.2, 0) is 14.3 Å². The van der Waals surface area contributed by atoms with Crippen LogP contribution in [0.1, 0.15) is 60.0 Å². The van der Waals surface area contributed by atoms with Gasteiger partial charge in [-0.1, -0.05) is 42.3 Å². The average molecular weight is 635 g/mol. The molecule has 0 amide bonds. The van der Waals surface area contributed by atoms with Crippen LogP contribution in [0, 0.1) is 6.92 Å². The van der Waals surface area contributed by atoms with Gasteiger partial charge in [0.05, 0.1) is 42.2 Å². The summed E-state index contributed by atoms with van der Waals surface area (Å²) in [6, 6.07) is 13.0. The fourth-order valence-electron chi connectivity index (χ4n) is 5.22. The van der Waals surface area contributed by atoms with Crippen molar-refractivity contribution in [3.05, 3.63) is 107 Å². The lowest BCUT2D eigenvalue weighted by Crippen LogP contribution is -2.40. The van der Waals surface area contributed by atoms with Crippen molar-refractivity contribution in [3.63, 3.8) is 0 Å². The molecular weight excluding hydrogens is 604 g/mol. The van der Waals surface area contributed by atoms with Crippen molar-refractivity contribution < 1.29 is 28.2 Å². The van der Waals surface area contributed by atoms with Crippen molar-refractivity contribution >= 4 is 41.0 Å². The number of nitrogens with zero attached hydrogens (tertiary/aromatic N) is 2. The third-order valence-electron chi connectivity index (χ3n) is 7.19. The zero-order valence-electron chi connectivity index (χ0n) is 24.9. The van der Waals surface area contributed by atoms with Gasteiger partial charge in [0.1, 0.15) is 23.3 Å². The van der Waals surface area contributed by atoms with Crippen LogP contribution in [0.3, 0.4) is 0 Å². The second-order valence-electron chi connectivity index (χ2n) is 10.0. The van der Waals surface area contributed by atoms with Gasteiger partial charge in [-0.2, -0.15) is 0 Å². The molecule has 11 heteroatoms. The normalized spacial score (nSPS) is 14.7. The van der Waals surface area contributed by atoms with E-state index >= 15 is 0 Å². The van der Waals surface area contributed by atoms with Crippen LogP contribution >= 0.6 is 22.9 Å². The molecule has 5 rings (SSSR count). The maximum atomic E-state index is 14.1. The summed E-state index contributed by atoms with van der Waals surface area (Å²) < 4.78 is 23.9. The molecule has 0 bridgehead atoms. The molecule has 9 nitrogen and oxygen atoms in total. The van der Waals surface area contributed by atoms with E-state index in [1.165, 1.54) is 30.1 Å². The van der Waals surface area contributed by atoms with Crippen molar-refractivity contribution in [1.29, 1.82) is 0 Å². The number of allylic oxidation sites excluding steroid dienone is 1. The fourth-order valence-corrected chi connectivity index (χ4v) is 6.40. The summed E-state index contributed by atoms with van der Waals surface area (Å²) in [7, 11) is 2.86. The highest BCUT2D eigenvalue weighted by Gasteiger charge is 2.36. The minimum atomic E-state index is -0.870. The summed E-state index contributed by atoms with van der Waals surface area (Å²) in [4.78, 5) is 44.7. The molecule has 1 aliphatic heterocycles. The molecule has 44 heavy (non-hydrogen) atoms. The molecule has 1 atom stereocenters. The Morgan fingerprint density at radius 2 is 1.89 bits per heavy atom. The van der Waals surface area contributed by atoms with Gasteiger partial charge in [-0.05, 0) is 68.3 Å². The molecule has 0 N–H and O–H groups in total. The highest BCUT2D eigenvalue weighted by Crippen LogP contribution is 2.38. The van der Waals surface area contributed by atoms with Crippen molar-refractivity contribution in [3.8, 4) is 17.1 Å². The van der Waals surface area contributed by atoms with Gasteiger partial charge < -0.3 is 18.6 Å². The number of hydrogen-bond acceptors (Lipinski definition) is 9. The van der Waals surface area contributed by atoms with Gasteiger partial charge in [0, 0.05) is 22.2 Å². The molecule has 0 unspecified atom stereocenters. The standard InChI is InChI=1S/C33H31ClN2O7S/c1-6-8-24-28(32(39)42-7-2)29(23-16-20(34)10-13-25(23)40-4)36-30(37)27(44-33(36)35-24)17-21-11-14-26(43-21)22-12-9-19(15-18(22)3)31(38)41-5/h9-17,29H,6-8H2,1-5H3/b27-17-/t29-/m1/s1. The van der Waals surface area contributed by atoms with E-state index in [1.807, 2.05) is 13.8 Å². The number of aryl methyl sites for hydroxylation is 1. The van der Waals surface area contributed by atoms with Gasteiger partial charge in [0.2, 0.25) is 0 Å². The average Bonchev–Trinajstić information content (AvgIpc) is 3.60. The van der Waals surface area contributed by atoms with Gasteiger partial charge in [0.15, 0.2) is 4.80 Å². The minimum absolute atomic E-state index is 0.164. The zero-order valence-corrected chi connectivity index (χ0v) is 26.5. The van der Waals surface area contributed by atoms with Crippen LogP contribution in [0.15, 0.2) is 74.0 Å². The first-order valence-electron chi connectivity index (χ1n) is 14.0.